The van der Waals surface area contributed by atoms with Crippen LogP contribution in [-0.2, 0) is 0 Å². The minimum absolute atomic E-state index is 0.186. The van der Waals surface area contributed by atoms with Crippen LogP contribution in [0.25, 0.3) is 0 Å². The van der Waals surface area contributed by atoms with E-state index in [1.165, 1.54) is 0 Å². The van der Waals surface area contributed by atoms with E-state index in [9.17, 15) is 0 Å². The maximum Gasteiger partial charge on any atom is 0.0666 e. The summed E-state index contributed by atoms with van der Waals surface area (Å²) in [6, 6.07) is 10.5. The second-order valence-electron chi connectivity index (χ2n) is 5.06. The normalized spacial score (nSPS) is 13.5. The van der Waals surface area contributed by atoms with Gasteiger partial charge in [0, 0.05) is 18.3 Å². The fraction of sp³-hybridized carbons (Fsp3) is 0.688. The molecule has 3 unspecified atom stereocenters. The molecule has 0 aliphatic carbocycles. The summed E-state index contributed by atoms with van der Waals surface area (Å²) in [5.41, 5.74) is 0. The van der Waals surface area contributed by atoms with Gasteiger partial charge in [0.15, 0.2) is 0 Å². The van der Waals surface area contributed by atoms with Crippen LogP contribution in [0.3, 0.4) is 0 Å². The average Bonchev–Trinajstić information content (AvgIpc) is 2.51. The Morgan fingerprint density at radius 1 is 0.619 bits per heavy atom. The largest absolute Gasteiger partial charge is 0.198 e. The SMILES string of the molecule is N#CCCCC(C#N)CC(C#N)CCCC(C#N)CC#N. The first-order chi connectivity index (χ1) is 10.2. The highest BCUT2D eigenvalue weighted by Crippen LogP contribution is 2.23. The van der Waals surface area contributed by atoms with E-state index in [1.54, 1.807) is 0 Å². The molecule has 0 aliphatic heterocycles. The Balaban J connectivity index is 4.14. The van der Waals surface area contributed by atoms with Crippen LogP contribution in [0.4, 0.5) is 0 Å². The van der Waals surface area contributed by atoms with Gasteiger partial charge in [-0.25, -0.2) is 0 Å². The van der Waals surface area contributed by atoms with Crippen LogP contribution in [-0.4, -0.2) is 0 Å². The molecule has 21 heavy (non-hydrogen) atoms. The van der Waals surface area contributed by atoms with Gasteiger partial charge in [0.1, 0.15) is 0 Å². The molecule has 0 aliphatic rings. The molecular weight excluding hydrogens is 262 g/mol. The summed E-state index contributed by atoms with van der Waals surface area (Å²) >= 11 is 0. The molecule has 0 rings (SSSR count). The fourth-order valence-electron chi connectivity index (χ4n) is 2.17. The van der Waals surface area contributed by atoms with Gasteiger partial charge in [0.2, 0.25) is 0 Å². The minimum atomic E-state index is -0.267. The molecule has 0 aromatic carbocycles. The highest BCUT2D eigenvalue weighted by atomic mass is 14.3. The fourth-order valence-corrected chi connectivity index (χ4v) is 2.17. The Bertz CT molecular complexity index is 491. The molecule has 5 nitrogen and oxygen atoms in total. The zero-order chi connectivity index (χ0) is 15.9. The van der Waals surface area contributed by atoms with Gasteiger partial charge in [-0.2, -0.15) is 26.3 Å². The first-order valence-electron chi connectivity index (χ1n) is 7.14. The lowest BCUT2D eigenvalue weighted by Gasteiger charge is -2.13. The number of nitrogens with zero attached hydrogens (tertiary/aromatic N) is 5. The van der Waals surface area contributed by atoms with Gasteiger partial charge < -0.3 is 0 Å². The van der Waals surface area contributed by atoms with Crippen molar-refractivity contribution in [1.29, 1.82) is 26.3 Å². The van der Waals surface area contributed by atoms with E-state index in [-0.39, 0.29) is 24.2 Å². The molecule has 0 aromatic heterocycles. The van der Waals surface area contributed by atoms with Crippen LogP contribution >= 0.6 is 0 Å². The lowest BCUT2D eigenvalue weighted by Crippen LogP contribution is -2.07. The summed E-state index contributed by atoms with van der Waals surface area (Å²) in [7, 11) is 0. The van der Waals surface area contributed by atoms with Gasteiger partial charge in [0.05, 0.1) is 42.7 Å². The summed E-state index contributed by atoms with van der Waals surface area (Å²) in [5, 5.41) is 44.1. The summed E-state index contributed by atoms with van der Waals surface area (Å²) in [6.45, 7) is 0. The molecule has 0 spiro atoms. The zero-order valence-corrected chi connectivity index (χ0v) is 12.1. The quantitative estimate of drug-likeness (QED) is 0.567. The van der Waals surface area contributed by atoms with Crippen LogP contribution in [0.1, 0.15) is 51.4 Å². The van der Waals surface area contributed by atoms with Gasteiger partial charge in [-0.05, 0) is 32.1 Å². The Kier molecular flexibility index (Phi) is 11.0. The van der Waals surface area contributed by atoms with Crippen molar-refractivity contribution in [2.75, 3.05) is 0 Å². The van der Waals surface area contributed by atoms with Crippen LogP contribution < -0.4 is 0 Å². The van der Waals surface area contributed by atoms with Crippen LogP contribution in [0.15, 0.2) is 0 Å². The lowest BCUT2D eigenvalue weighted by molar-refractivity contribution is 0.421. The minimum Gasteiger partial charge on any atom is -0.198 e. The molecule has 108 valence electrons. The smallest absolute Gasteiger partial charge is 0.0666 e. The van der Waals surface area contributed by atoms with Gasteiger partial charge in [-0.3, -0.25) is 0 Å². The monoisotopic (exact) mass is 281 g/mol. The summed E-state index contributed by atoms with van der Waals surface area (Å²) < 4.78 is 0. The van der Waals surface area contributed by atoms with E-state index in [0.29, 0.717) is 44.9 Å². The first-order valence-corrected chi connectivity index (χ1v) is 7.14. The molecule has 0 aromatic rings. The van der Waals surface area contributed by atoms with Gasteiger partial charge in [0.25, 0.3) is 0 Å². The number of hydrogen-bond donors (Lipinski definition) is 0. The Hall–Kier alpha value is -2.55. The van der Waals surface area contributed by atoms with Gasteiger partial charge >= 0.3 is 0 Å². The lowest BCUT2D eigenvalue weighted by atomic mass is 9.88. The topological polar surface area (TPSA) is 119 Å². The van der Waals surface area contributed by atoms with E-state index < -0.39 is 0 Å². The van der Waals surface area contributed by atoms with E-state index in [0.717, 1.165) is 0 Å². The molecule has 0 heterocycles. The molecular formula is C16H19N5. The number of unbranched alkanes of at least 4 members (excludes halogenated alkanes) is 1. The van der Waals surface area contributed by atoms with E-state index in [1.807, 2.05) is 12.1 Å². The van der Waals surface area contributed by atoms with E-state index >= 15 is 0 Å². The molecule has 3 atom stereocenters. The molecule has 0 amide bonds. The highest BCUT2D eigenvalue weighted by molar-refractivity contribution is 4.93. The second-order valence-corrected chi connectivity index (χ2v) is 5.06. The molecule has 0 radical (unpaired) electrons. The molecule has 0 saturated carbocycles. The summed E-state index contributed by atoms with van der Waals surface area (Å²) in [4.78, 5) is 0. The van der Waals surface area contributed by atoms with Gasteiger partial charge in [-0.15, -0.1) is 0 Å². The summed E-state index contributed by atoms with van der Waals surface area (Å²) in [6.07, 6.45) is 4.51. The molecule has 0 N–H and O–H groups in total. The first kappa shape index (κ1) is 18.4. The Morgan fingerprint density at radius 2 is 1.14 bits per heavy atom. The van der Waals surface area contributed by atoms with Crippen molar-refractivity contribution in [3.8, 4) is 30.3 Å². The maximum absolute atomic E-state index is 9.14. The molecule has 5 heteroatoms. The second kappa shape index (κ2) is 12.5. The molecule has 0 fully saturated rings. The van der Waals surface area contributed by atoms with Crippen molar-refractivity contribution in [2.45, 2.75) is 51.4 Å². The van der Waals surface area contributed by atoms with Gasteiger partial charge in [-0.1, -0.05) is 6.42 Å². The highest BCUT2D eigenvalue weighted by Gasteiger charge is 2.16. The van der Waals surface area contributed by atoms with E-state index in [4.69, 9.17) is 26.3 Å². The van der Waals surface area contributed by atoms with Crippen molar-refractivity contribution in [3.05, 3.63) is 0 Å². The summed E-state index contributed by atoms with van der Waals surface area (Å²) in [5.74, 6) is -0.649. The number of nitriles is 5. The third kappa shape index (κ3) is 9.05. The van der Waals surface area contributed by atoms with Crippen molar-refractivity contribution in [2.24, 2.45) is 17.8 Å². The molecule has 0 saturated heterocycles. The Morgan fingerprint density at radius 3 is 1.62 bits per heavy atom. The number of hydrogen-bond acceptors (Lipinski definition) is 5. The maximum atomic E-state index is 9.14. The third-order valence-electron chi connectivity index (χ3n) is 3.40. The Labute approximate surface area is 126 Å². The van der Waals surface area contributed by atoms with Crippen LogP contribution in [0.5, 0.6) is 0 Å². The third-order valence-corrected chi connectivity index (χ3v) is 3.40. The zero-order valence-electron chi connectivity index (χ0n) is 12.1. The van der Waals surface area contributed by atoms with Crippen molar-refractivity contribution in [1.82, 2.24) is 0 Å². The van der Waals surface area contributed by atoms with Crippen LogP contribution in [0.2, 0.25) is 0 Å². The predicted molar refractivity (Wildman–Crippen MR) is 75.5 cm³/mol. The molecule has 0 bridgehead atoms. The van der Waals surface area contributed by atoms with Crippen molar-refractivity contribution in [3.63, 3.8) is 0 Å². The number of rotatable bonds is 10. The predicted octanol–water partition coefficient (Wildman–Crippen LogP) is 3.57. The van der Waals surface area contributed by atoms with Crippen LogP contribution in [0, 0.1) is 74.4 Å². The van der Waals surface area contributed by atoms with Crippen molar-refractivity contribution >= 4 is 0 Å². The standard InChI is InChI=1S/C16H19N5/c17-8-2-1-4-15(12-20)10-16(13-21)6-3-5-14(11-19)7-9-18/h14-16H,1-7,10H2. The average molecular weight is 281 g/mol. The van der Waals surface area contributed by atoms with Crippen molar-refractivity contribution < 1.29 is 0 Å². The van der Waals surface area contributed by atoms with E-state index in [2.05, 4.69) is 18.2 Å².